The predicted molar refractivity (Wildman–Crippen MR) is 128 cm³/mol. The van der Waals surface area contributed by atoms with Crippen molar-refractivity contribution in [3.05, 3.63) is 40.6 Å². The fraction of sp³-hybridized carbons (Fsp3) is 0.478. The van der Waals surface area contributed by atoms with Crippen molar-refractivity contribution in [2.45, 2.75) is 45.3 Å². The van der Waals surface area contributed by atoms with Crippen molar-refractivity contribution in [3.8, 4) is 5.75 Å². The molecule has 1 aromatic carbocycles. The minimum Gasteiger partial charge on any atom is -0.487 e. The number of piperidine rings is 1. The average molecular weight is 479 g/mol. The van der Waals surface area contributed by atoms with E-state index in [1.807, 2.05) is 32.9 Å². The number of carbonyl (C=O) groups is 1. The van der Waals surface area contributed by atoms with E-state index < -0.39 is 5.60 Å². The largest absolute Gasteiger partial charge is 0.487 e. The van der Waals surface area contributed by atoms with Crippen LogP contribution in [0.1, 0.15) is 33.6 Å². The van der Waals surface area contributed by atoms with Gasteiger partial charge in [0.25, 0.3) is 0 Å². The number of ether oxygens (including phenoxy) is 2. The van der Waals surface area contributed by atoms with Gasteiger partial charge in [0.05, 0.1) is 33.7 Å². The Bertz CT molecular complexity index is 967. The number of likely N-dealkylation sites (tertiary alicyclic amines) is 1. The highest BCUT2D eigenvalue weighted by Crippen LogP contribution is 2.43. The highest BCUT2D eigenvalue weighted by atomic mass is 35.5. The van der Waals surface area contributed by atoms with Gasteiger partial charge in [0.15, 0.2) is 5.75 Å². The summed E-state index contributed by atoms with van der Waals surface area (Å²) in [5.74, 6) is 0.775. The molecule has 0 spiro atoms. The minimum absolute atomic E-state index is 0.240. The van der Waals surface area contributed by atoms with Crippen molar-refractivity contribution in [1.82, 2.24) is 9.88 Å². The number of pyridine rings is 1. The fourth-order valence-corrected chi connectivity index (χ4v) is 4.56. The van der Waals surface area contributed by atoms with Gasteiger partial charge in [-0.1, -0.05) is 29.3 Å². The van der Waals surface area contributed by atoms with Gasteiger partial charge in [-0.2, -0.15) is 0 Å². The molecule has 4 rings (SSSR count). The molecule has 1 fully saturated rings. The molecule has 0 aliphatic carbocycles. The smallest absolute Gasteiger partial charge is 0.410 e. The van der Waals surface area contributed by atoms with Crippen LogP contribution in [0.4, 0.5) is 21.9 Å². The zero-order valence-corrected chi connectivity index (χ0v) is 20.0. The topological polar surface area (TPSA) is 66.9 Å². The van der Waals surface area contributed by atoms with Crippen LogP contribution in [0.15, 0.2) is 30.6 Å². The molecule has 1 aromatic heterocycles. The van der Waals surface area contributed by atoms with E-state index in [4.69, 9.17) is 32.7 Å². The number of anilines is 3. The van der Waals surface area contributed by atoms with E-state index in [1.54, 1.807) is 17.3 Å². The number of carbonyl (C=O) groups excluding carboxylic acids is 1. The number of nitrogens with zero attached hydrogens (tertiary/aromatic N) is 3. The molecule has 32 heavy (non-hydrogen) atoms. The molecule has 2 aliphatic heterocycles. The van der Waals surface area contributed by atoms with Gasteiger partial charge in [-0.25, -0.2) is 4.79 Å². The van der Waals surface area contributed by atoms with Crippen molar-refractivity contribution in [1.29, 1.82) is 0 Å². The number of halogens is 2. The zero-order valence-electron chi connectivity index (χ0n) is 18.5. The second-order valence-corrected chi connectivity index (χ2v) is 9.81. The molecule has 0 radical (unpaired) electrons. The number of benzene rings is 1. The number of amides is 1. The molecular weight excluding hydrogens is 451 g/mol. The maximum atomic E-state index is 12.4. The Kier molecular flexibility index (Phi) is 6.58. The first kappa shape index (κ1) is 22.8. The Morgan fingerprint density at radius 2 is 1.84 bits per heavy atom. The summed E-state index contributed by atoms with van der Waals surface area (Å²) in [7, 11) is 0. The lowest BCUT2D eigenvalue weighted by Crippen LogP contribution is -2.50. The number of fused-ring (bicyclic) bond motifs is 1. The Morgan fingerprint density at radius 1 is 1.16 bits per heavy atom. The molecule has 1 saturated heterocycles. The molecule has 2 aromatic rings. The first-order valence-electron chi connectivity index (χ1n) is 10.8. The Morgan fingerprint density at radius 3 is 2.50 bits per heavy atom. The number of aromatic nitrogens is 1. The molecular formula is C23H28Cl2N4O3. The zero-order chi connectivity index (χ0) is 22.9. The van der Waals surface area contributed by atoms with E-state index >= 15 is 0 Å². The van der Waals surface area contributed by atoms with Crippen LogP contribution in [0, 0.1) is 0 Å². The SMILES string of the molecule is CC(C)(C)OC(=O)N1CCC(N2CCOc3c(Nc4c(Cl)cncc4Cl)cccc32)CC1. The Labute approximate surface area is 198 Å². The maximum absolute atomic E-state index is 12.4. The molecule has 1 N–H and O–H groups in total. The summed E-state index contributed by atoms with van der Waals surface area (Å²) in [5.41, 5.74) is 1.94. The lowest BCUT2D eigenvalue weighted by Gasteiger charge is -2.42. The first-order chi connectivity index (χ1) is 15.2. The lowest BCUT2D eigenvalue weighted by atomic mass is 10.0. The first-order valence-corrected chi connectivity index (χ1v) is 11.5. The molecule has 9 heteroatoms. The summed E-state index contributed by atoms with van der Waals surface area (Å²) in [4.78, 5) is 20.6. The van der Waals surface area contributed by atoms with Gasteiger partial charge < -0.3 is 24.6 Å². The van der Waals surface area contributed by atoms with E-state index in [0.29, 0.717) is 41.5 Å². The summed E-state index contributed by atoms with van der Waals surface area (Å²) in [5, 5.41) is 4.19. The number of hydrogen-bond acceptors (Lipinski definition) is 6. The van der Waals surface area contributed by atoms with Crippen molar-refractivity contribution in [2.75, 3.05) is 36.5 Å². The van der Waals surface area contributed by atoms with Crippen molar-refractivity contribution < 1.29 is 14.3 Å². The van der Waals surface area contributed by atoms with Crippen LogP contribution in [0.5, 0.6) is 5.75 Å². The minimum atomic E-state index is -0.485. The van der Waals surface area contributed by atoms with Crippen LogP contribution in [-0.2, 0) is 4.74 Å². The molecule has 1 amide bonds. The number of hydrogen-bond donors (Lipinski definition) is 1. The van der Waals surface area contributed by atoms with Gasteiger partial charge in [0.1, 0.15) is 12.2 Å². The monoisotopic (exact) mass is 478 g/mol. The van der Waals surface area contributed by atoms with Gasteiger partial charge in [-0.15, -0.1) is 0 Å². The quantitative estimate of drug-likeness (QED) is 0.607. The van der Waals surface area contributed by atoms with Crippen LogP contribution in [0.25, 0.3) is 0 Å². The van der Waals surface area contributed by atoms with Crippen LogP contribution in [0.3, 0.4) is 0 Å². The van der Waals surface area contributed by atoms with Crippen LogP contribution >= 0.6 is 23.2 Å². The van der Waals surface area contributed by atoms with Crippen molar-refractivity contribution in [2.24, 2.45) is 0 Å². The second kappa shape index (κ2) is 9.24. The van der Waals surface area contributed by atoms with Crippen molar-refractivity contribution in [3.63, 3.8) is 0 Å². The molecule has 2 aliphatic rings. The third-order valence-corrected chi connectivity index (χ3v) is 6.13. The van der Waals surface area contributed by atoms with Crippen LogP contribution < -0.4 is 15.0 Å². The normalized spacial score (nSPS) is 16.9. The highest BCUT2D eigenvalue weighted by Gasteiger charge is 2.32. The number of para-hydroxylation sites is 1. The molecule has 3 heterocycles. The maximum Gasteiger partial charge on any atom is 0.410 e. The summed E-state index contributed by atoms with van der Waals surface area (Å²) in [6, 6.07) is 6.32. The van der Waals surface area contributed by atoms with E-state index in [9.17, 15) is 4.79 Å². The number of rotatable bonds is 3. The van der Waals surface area contributed by atoms with Gasteiger partial charge in [0.2, 0.25) is 0 Å². The lowest BCUT2D eigenvalue weighted by molar-refractivity contribution is 0.0203. The van der Waals surface area contributed by atoms with E-state index in [0.717, 1.165) is 36.5 Å². The molecule has 0 saturated carbocycles. The van der Waals surface area contributed by atoms with Crippen LogP contribution in [-0.4, -0.2) is 53.9 Å². The summed E-state index contributed by atoms with van der Waals surface area (Å²) in [6.07, 6.45) is 4.61. The molecule has 172 valence electrons. The van der Waals surface area contributed by atoms with Crippen molar-refractivity contribution >= 4 is 46.4 Å². The third kappa shape index (κ3) is 4.99. The van der Waals surface area contributed by atoms with Crippen LogP contribution in [0.2, 0.25) is 10.0 Å². The average Bonchev–Trinajstić information content (AvgIpc) is 2.75. The summed E-state index contributed by atoms with van der Waals surface area (Å²) >= 11 is 12.6. The van der Waals surface area contributed by atoms with E-state index in [1.165, 1.54) is 0 Å². The molecule has 0 unspecified atom stereocenters. The number of nitrogens with one attached hydrogen (secondary N) is 1. The fourth-order valence-electron chi connectivity index (χ4n) is 4.10. The second-order valence-electron chi connectivity index (χ2n) is 9.00. The van der Waals surface area contributed by atoms with Gasteiger partial charge >= 0.3 is 6.09 Å². The Hall–Kier alpha value is -2.38. The molecule has 0 bridgehead atoms. The summed E-state index contributed by atoms with van der Waals surface area (Å²) in [6.45, 7) is 8.39. The van der Waals surface area contributed by atoms with E-state index in [-0.39, 0.29) is 6.09 Å². The summed E-state index contributed by atoms with van der Waals surface area (Å²) < 4.78 is 11.6. The Balaban J connectivity index is 1.49. The van der Waals surface area contributed by atoms with Gasteiger partial charge in [0, 0.05) is 31.5 Å². The van der Waals surface area contributed by atoms with E-state index in [2.05, 4.69) is 21.3 Å². The highest BCUT2D eigenvalue weighted by molar-refractivity contribution is 6.39. The van der Waals surface area contributed by atoms with Gasteiger partial charge in [-0.05, 0) is 45.7 Å². The predicted octanol–water partition coefficient (Wildman–Crippen LogP) is 5.73. The molecule has 0 atom stereocenters. The molecule has 7 nitrogen and oxygen atoms in total. The van der Waals surface area contributed by atoms with Gasteiger partial charge in [-0.3, -0.25) is 4.98 Å². The third-order valence-electron chi connectivity index (χ3n) is 5.55. The standard InChI is InChI=1S/C23H28Cl2N4O3/c1-23(2,3)32-22(30)28-9-7-15(8-10-28)29-11-12-31-21-18(5-4-6-19(21)29)27-20-16(24)13-26-14-17(20)25/h4-6,13-15H,7-12H2,1-3H3,(H,26,27).